The summed E-state index contributed by atoms with van der Waals surface area (Å²) in [4.78, 5) is 27.9. The number of nitrogens with one attached hydrogen (secondary N) is 1. The first kappa shape index (κ1) is 17.8. The number of rotatable bonds is 5. The van der Waals surface area contributed by atoms with Crippen molar-refractivity contribution in [2.45, 2.75) is 32.4 Å². The van der Waals surface area contributed by atoms with E-state index < -0.39 is 5.97 Å². The lowest BCUT2D eigenvalue weighted by atomic mass is 10.0. The summed E-state index contributed by atoms with van der Waals surface area (Å²) in [6.07, 6.45) is 5.35. The van der Waals surface area contributed by atoms with Crippen LogP contribution >= 0.6 is 11.3 Å². The molecule has 1 aliphatic heterocycles. The first-order valence-corrected chi connectivity index (χ1v) is 9.79. The molecule has 0 unspecified atom stereocenters. The standard InChI is InChI=1S/C19H21N5O2S/c1-12-15-17(21-11-22-18(15)27-16(12)19(25)26)23-13-5-8-24(9-6-13)10-14-4-2-3-7-20-14/h2-4,7,11,13H,5-6,8-10H2,1H3,(H,25,26)(H,21,22,23). The zero-order valence-corrected chi connectivity index (χ0v) is 15.9. The Balaban J connectivity index is 1.44. The average Bonchev–Trinajstić information content (AvgIpc) is 3.02. The average molecular weight is 383 g/mol. The van der Waals surface area contributed by atoms with Gasteiger partial charge in [0.25, 0.3) is 0 Å². The number of nitrogens with zero attached hydrogens (tertiary/aromatic N) is 4. The molecule has 0 atom stereocenters. The first-order valence-electron chi connectivity index (χ1n) is 8.98. The van der Waals surface area contributed by atoms with Gasteiger partial charge in [-0.1, -0.05) is 6.07 Å². The van der Waals surface area contributed by atoms with E-state index in [0.29, 0.717) is 10.9 Å². The maximum Gasteiger partial charge on any atom is 0.346 e. The summed E-state index contributed by atoms with van der Waals surface area (Å²) < 4.78 is 0. The Morgan fingerprint density at radius 2 is 2.11 bits per heavy atom. The van der Waals surface area contributed by atoms with E-state index in [1.54, 1.807) is 0 Å². The molecule has 3 aromatic heterocycles. The van der Waals surface area contributed by atoms with Crippen LogP contribution in [0.15, 0.2) is 30.7 Å². The zero-order chi connectivity index (χ0) is 18.8. The molecular weight excluding hydrogens is 362 g/mol. The number of carbonyl (C=O) groups is 1. The van der Waals surface area contributed by atoms with E-state index >= 15 is 0 Å². The highest BCUT2D eigenvalue weighted by Gasteiger charge is 2.23. The molecule has 0 aliphatic carbocycles. The molecule has 2 N–H and O–H groups in total. The molecule has 8 heteroatoms. The van der Waals surface area contributed by atoms with E-state index in [1.165, 1.54) is 17.7 Å². The number of likely N-dealkylation sites (tertiary alicyclic amines) is 1. The predicted octanol–water partition coefficient (Wildman–Crippen LogP) is 3.17. The minimum absolute atomic E-state index is 0.315. The van der Waals surface area contributed by atoms with Crippen molar-refractivity contribution in [3.05, 3.63) is 46.9 Å². The fraction of sp³-hybridized carbons (Fsp3) is 0.368. The third-order valence-corrected chi connectivity index (χ3v) is 6.15. The van der Waals surface area contributed by atoms with Crippen molar-refractivity contribution in [1.29, 1.82) is 0 Å². The molecule has 0 aromatic carbocycles. The number of hydrogen-bond acceptors (Lipinski definition) is 7. The summed E-state index contributed by atoms with van der Waals surface area (Å²) in [5, 5.41) is 13.7. The van der Waals surface area contributed by atoms with E-state index in [1.807, 2.05) is 25.3 Å². The van der Waals surface area contributed by atoms with E-state index in [2.05, 4.69) is 31.2 Å². The zero-order valence-electron chi connectivity index (χ0n) is 15.1. The summed E-state index contributed by atoms with van der Waals surface area (Å²) in [6, 6.07) is 6.33. The molecule has 4 rings (SSSR count). The van der Waals surface area contributed by atoms with Crippen LogP contribution in [-0.2, 0) is 6.54 Å². The molecule has 0 spiro atoms. The molecule has 7 nitrogen and oxygen atoms in total. The molecule has 0 saturated carbocycles. The van der Waals surface area contributed by atoms with Crippen LogP contribution in [0.1, 0.15) is 33.8 Å². The minimum Gasteiger partial charge on any atom is -0.477 e. The van der Waals surface area contributed by atoms with Crippen LogP contribution in [-0.4, -0.2) is 50.1 Å². The van der Waals surface area contributed by atoms with Gasteiger partial charge in [-0.25, -0.2) is 14.8 Å². The van der Waals surface area contributed by atoms with E-state index in [-0.39, 0.29) is 0 Å². The van der Waals surface area contributed by atoms with Crippen LogP contribution < -0.4 is 5.32 Å². The molecule has 27 heavy (non-hydrogen) atoms. The predicted molar refractivity (Wildman–Crippen MR) is 105 cm³/mol. The topological polar surface area (TPSA) is 91.2 Å². The maximum atomic E-state index is 11.4. The number of fused-ring (bicyclic) bond motifs is 1. The van der Waals surface area contributed by atoms with Crippen molar-refractivity contribution in [1.82, 2.24) is 19.9 Å². The largest absolute Gasteiger partial charge is 0.477 e. The van der Waals surface area contributed by atoms with Crippen molar-refractivity contribution in [3.8, 4) is 0 Å². The second-order valence-corrected chi connectivity index (χ2v) is 7.78. The smallest absolute Gasteiger partial charge is 0.346 e. The Labute approximate surface area is 161 Å². The van der Waals surface area contributed by atoms with Crippen LogP contribution in [0.25, 0.3) is 10.2 Å². The highest BCUT2D eigenvalue weighted by molar-refractivity contribution is 7.20. The van der Waals surface area contributed by atoms with E-state index in [4.69, 9.17) is 0 Å². The molecule has 140 valence electrons. The van der Waals surface area contributed by atoms with Crippen LogP contribution in [0, 0.1) is 6.92 Å². The number of piperidine rings is 1. The number of aromatic carboxylic acids is 1. The number of carboxylic acids is 1. The lowest BCUT2D eigenvalue weighted by molar-refractivity contribution is 0.0701. The molecule has 3 aromatic rings. The highest BCUT2D eigenvalue weighted by Crippen LogP contribution is 2.34. The van der Waals surface area contributed by atoms with Crippen LogP contribution in [0.4, 0.5) is 5.82 Å². The minimum atomic E-state index is -0.913. The fourth-order valence-corrected chi connectivity index (χ4v) is 4.52. The van der Waals surface area contributed by atoms with Crippen molar-refractivity contribution in [2.75, 3.05) is 18.4 Å². The van der Waals surface area contributed by atoms with Crippen LogP contribution in [0.3, 0.4) is 0 Å². The lowest BCUT2D eigenvalue weighted by Crippen LogP contribution is -2.39. The Hall–Kier alpha value is -2.58. The Morgan fingerprint density at radius 1 is 1.30 bits per heavy atom. The molecule has 0 radical (unpaired) electrons. The number of aryl methyl sites for hydroxylation is 1. The fourth-order valence-electron chi connectivity index (χ4n) is 3.53. The van der Waals surface area contributed by atoms with Crippen molar-refractivity contribution in [2.24, 2.45) is 0 Å². The van der Waals surface area contributed by atoms with Crippen LogP contribution in [0.2, 0.25) is 0 Å². The summed E-state index contributed by atoms with van der Waals surface area (Å²) in [6.45, 7) is 4.68. The van der Waals surface area contributed by atoms with E-state index in [0.717, 1.165) is 59.8 Å². The van der Waals surface area contributed by atoms with Crippen molar-refractivity contribution in [3.63, 3.8) is 0 Å². The normalized spacial score (nSPS) is 15.9. The van der Waals surface area contributed by atoms with E-state index in [9.17, 15) is 9.90 Å². The molecular formula is C19H21N5O2S. The second kappa shape index (κ2) is 7.58. The number of thiophene rings is 1. The van der Waals surface area contributed by atoms with Gasteiger partial charge in [0, 0.05) is 31.9 Å². The Bertz CT molecular complexity index is 951. The monoisotopic (exact) mass is 383 g/mol. The van der Waals surface area contributed by atoms with Gasteiger partial charge in [-0.15, -0.1) is 11.3 Å². The lowest BCUT2D eigenvalue weighted by Gasteiger charge is -2.32. The molecule has 1 fully saturated rings. The SMILES string of the molecule is Cc1c(C(=O)O)sc2ncnc(NC3CCN(Cc4ccccn4)CC3)c12. The molecule has 1 aliphatic rings. The van der Waals surface area contributed by atoms with Gasteiger partial charge < -0.3 is 10.4 Å². The third-order valence-electron chi connectivity index (χ3n) is 4.96. The highest BCUT2D eigenvalue weighted by atomic mass is 32.1. The third kappa shape index (κ3) is 3.77. The number of pyridine rings is 1. The Morgan fingerprint density at radius 3 is 2.81 bits per heavy atom. The van der Waals surface area contributed by atoms with Crippen LogP contribution in [0.5, 0.6) is 0 Å². The molecule has 0 bridgehead atoms. The number of carboxylic acid groups (broad SMARTS) is 1. The molecule has 4 heterocycles. The van der Waals surface area contributed by atoms with Gasteiger partial charge in [-0.05, 0) is 37.5 Å². The van der Waals surface area contributed by atoms with Gasteiger partial charge in [-0.2, -0.15) is 0 Å². The van der Waals surface area contributed by atoms with Gasteiger partial charge in [0.15, 0.2) is 0 Å². The van der Waals surface area contributed by atoms with Crippen molar-refractivity contribution < 1.29 is 9.90 Å². The second-order valence-electron chi connectivity index (χ2n) is 6.78. The van der Waals surface area contributed by atoms with Crippen molar-refractivity contribution >= 4 is 33.3 Å². The summed E-state index contributed by atoms with van der Waals surface area (Å²) in [5.74, 6) is -0.172. The summed E-state index contributed by atoms with van der Waals surface area (Å²) >= 11 is 1.20. The number of aromatic nitrogens is 3. The van der Waals surface area contributed by atoms with Gasteiger partial charge in [0.05, 0.1) is 11.1 Å². The Kier molecular flexibility index (Phi) is 5.00. The summed E-state index contributed by atoms with van der Waals surface area (Å²) in [5.41, 5.74) is 1.83. The summed E-state index contributed by atoms with van der Waals surface area (Å²) in [7, 11) is 0. The van der Waals surface area contributed by atoms with Gasteiger partial charge in [-0.3, -0.25) is 9.88 Å². The first-order chi connectivity index (χ1) is 13.1. The number of anilines is 1. The molecule has 0 amide bonds. The maximum absolute atomic E-state index is 11.4. The quantitative estimate of drug-likeness (QED) is 0.699. The van der Waals surface area contributed by atoms with Gasteiger partial charge in [0.2, 0.25) is 0 Å². The van der Waals surface area contributed by atoms with Gasteiger partial charge >= 0.3 is 5.97 Å². The number of hydrogen-bond donors (Lipinski definition) is 2. The molecule has 1 saturated heterocycles. The van der Waals surface area contributed by atoms with Gasteiger partial charge in [0.1, 0.15) is 21.9 Å².